The third-order valence-corrected chi connectivity index (χ3v) is 3.12. The molecule has 0 saturated carbocycles. The summed E-state index contributed by atoms with van der Waals surface area (Å²) in [6.45, 7) is 7.06. The number of nitrogens with zero attached hydrogens (tertiary/aromatic N) is 3. The average Bonchev–Trinajstić information content (AvgIpc) is 2.85. The van der Waals surface area contributed by atoms with Gasteiger partial charge in [0.15, 0.2) is 0 Å². The monoisotopic (exact) mass is 210 g/mol. The summed E-state index contributed by atoms with van der Waals surface area (Å²) in [5.41, 5.74) is 0.0137. The van der Waals surface area contributed by atoms with Crippen molar-refractivity contribution >= 4 is 5.95 Å². The van der Waals surface area contributed by atoms with Crippen LogP contribution < -0.4 is 10.2 Å². The second kappa shape index (κ2) is 3.81. The van der Waals surface area contributed by atoms with Crippen molar-refractivity contribution in [1.29, 1.82) is 0 Å². The fraction of sp³-hybridized carbons (Fsp3) is 0.800. The van der Waals surface area contributed by atoms with Crippen molar-refractivity contribution in [3.8, 4) is 0 Å². The van der Waals surface area contributed by atoms with Crippen molar-refractivity contribution in [2.45, 2.75) is 25.7 Å². The molecule has 15 heavy (non-hydrogen) atoms. The molecule has 1 aliphatic heterocycles. The van der Waals surface area contributed by atoms with E-state index >= 15 is 0 Å². The Kier molecular flexibility index (Phi) is 2.65. The van der Waals surface area contributed by atoms with Crippen LogP contribution in [0.4, 0.5) is 5.95 Å². The molecule has 0 aliphatic carbocycles. The smallest absolute Gasteiger partial charge is 0.265 e. The Balaban J connectivity index is 2.19. The zero-order valence-electron chi connectivity index (χ0n) is 9.58. The van der Waals surface area contributed by atoms with E-state index in [1.807, 2.05) is 11.9 Å². The van der Waals surface area contributed by atoms with Gasteiger partial charge in [-0.3, -0.25) is 0 Å². The van der Waals surface area contributed by atoms with E-state index in [1.165, 1.54) is 0 Å². The van der Waals surface area contributed by atoms with Crippen LogP contribution in [0.15, 0.2) is 4.52 Å². The molecule has 84 valence electrons. The molecule has 0 aromatic carbocycles. The topological polar surface area (TPSA) is 54.2 Å². The van der Waals surface area contributed by atoms with E-state index in [1.54, 1.807) is 0 Å². The lowest BCUT2D eigenvalue weighted by Gasteiger charge is -2.16. The van der Waals surface area contributed by atoms with Crippen molar-refractivity contribution < 1.29 is 4.52 Å². The Labute approximate surface area is 89.8 Å². The predicted octanol–water partition coefficient (Wildman–Crippen LogP) is 0.777. The van der Waals surface area contributed by atoms with Crippen molar-refractivity contribution in [2.75, 3.05) is 31.6 Å². The average molecular weight is 210 g/mol. The lowest BCUT2D eigenvalue weighted by Crippen LogP contribution is -2.25. The van der Waals surface area contributed by atoms with Crippen LogP contribution >= 0.6 is 0 Å². The highest BCUT2D eigenvalue weighted by Gasteiger charge is 2.36. The number of hydrogen-bond acceptors (Lipinski definition) is 5. The molecule has 1 fully saturated rings. The lowest BCUT2D eigenvalue weighted by molar-refractivity contribution is 0.306. The molecule has 1 atom stereocenters. The van der Waals surface area contributed by atoms with E-state index < -0.39 is 0 Å². The van der Waals surface area contributed by atoms with E-state index in [9.17, 15) is 0 Å². The molecule has 1 aromatic rings. The first-order chi connectivity index (χ1) is 7.15. The fourth-order valence-corrected chi connectivity index (χ4v) is 1.76. The predicted molar refractivity (Wildman–Crippen MR) is 58.1 cm³/mol. The molecule has 0 spiro atoms. The van der Waals surface area contributed by atoms with Crippen LogP contribution in [0.25, 0.3) is 0 Å². The van der Waals surface area contributed by atoms with E-state index in [4.69, 9.17) is 4.52 Å². The maximum absolute atomic E-state index is 5.33. The summed E-state index contributed by atoms with van der Waals surface area (Å²) in [5.74, 6) is 1.43. The molecule has 1 saturated heterocycles. The number of anilines is 1. The molecule has 0 amide bonds. The van der Waals surface area contributed by atoms with E-state index in [2.05, 4.69) is 29.3 Å². The molecular formula is C10H18N4O. The van der Waals surface area contributed by atoms with Gasteiger partial charge in [0.1, 0.15) is 0 Å². The molecule has 5 nitrogen and oxygen atoms in total. The SMILES string of the molecule is CCN(C)c1noc(C2(C)CCNC2)n1. The van der Waals surface area contributed by atoms with Gasteiger partial charge in [-0.1, -0.05) is 0 Å². The molecule has 0 radical (unpaired) electrons. The first-order valence-electron chi connectivity index (χ1n) is 5.42. The Bertz CT molecular complexity index is 330. The Morgan fingerprint density at radius 3 is 3.00 bits per heavy atom. The van der Waals surface area contributed by atoms with Gasteiger partial charge in [0, 0.05) is 20.1 Å². The quantitative estimate of drug-likeness (QED) is 0.799. The highest BCUT2D eigenvalue weighted by Crippen LogP contribution is 2.29. The Morgan fingerprint density at radius 2 is 2.40 bits per heavy atom. The molecule has 1 aromatic heterocycles. The molecule has 2 rings (SSSR count). The summed E-state index contributed by atoms with van der Waals surface area (Å²) in [4.78, 5) is 6.41. The molecule has 2 heterocycles. The van der Waals surface area contributed by atoms with Crippen molar-refractivity contribution in [1.82, 2.24) is 15.5 Å². The summed E-state index contributed by atoms with van der Waals surface area (Å²) >= 11 is 0. The Morgan fingerprint density at radius 1 is 1.60 bits per heavy atom. The van der Waals surface area contributed by atoms with Crippen LogP contribution in [-0.2, 0) is 5.41 Å². The minimum Gasteiger partial charge on any atom is -0.342 e. The van der Waals surface area contributed by atoms with Crippen LogP contribution in [0.5, 0.6) is 0 Å². The molecule has 5 heteroatoms. The van der Waals surface area contributed by atoms with E-state index in [-0.39, 0.29) is 5.41 Å². The van der Waals surface area contributed by atoms with Crippen LogP contribution in [0, 0.1) is 0 Å². The van der Waals surface area contributed by atoms with Crippen LogP contribution in [0.3, 0.4) is 0 Å². The van der Waals surface area contributed by atoms with Gasteiger partial charge in [-0.25, -0.2) is 0 Å². The highest BCUT2D eigenvalue weighted by molar-refractivity contribution is 5.27. The maximum Gasteiger partial charge on any atom is 0.265 e. The van der Waals surface area contributed by atoms with Crippen LogP contribution in [0.1, 0.15) is 26.2 Å². The van der Waals surface area contributed by atoms with Crippen molar-refractivity contribution in [3.63, 3.8) is 0 Å². The summed E-state index contributed by atoms with van der Waals surface area (Å²) < 4.78 is 5.33. The molecule has 1 unspecified atom stereocenters. The number of hydrogen-bond donors (Lipinski definition) is 1. The fourth-order valence-electron chi connectivity index (χ4n) is 1.76. The zero-order chi connectivity index (χ0) is 10.9. The second-order valence-corrected chi connectivity index (χ2v) is 4.40. The van der Waals surface area contributed by atoms with Gasteiger partial charge >= 0.3 is 0 Å². The second-order valence-electron chi connectivity index (χ2n) is 4.40. The minimum absolute atomic E-state index is 0.0137. The molecular weight excluding hydrogens is 192 g/mol. The summed E-state index contributed by atoms with van der Waals surface area (Å²) in [7, 11) is 1.96. The normalized spacial score (nSPS) is 25.8. The molecule has 1 aliphatic rings. The van der Waals surface area contributed by atoms with Gasteiger partial charge in [-0.05, 0) is 32.0 Å². The molecule has 0 bridgehead atoms. The van der Waals surface area contributed by atoms with Gasteiger partial charge in [0.2, 0.25) is 5.89 Å². The summed E-state index contributed by atoms with van der Waals surface area (Å²) in [6.07, 6.45) is 1.06. The van der Waals surface area contributed by atoms with Gasteiger partial charge in [0.05, 0.1) is 5.41 Å². The first kappa shape index (κ1) is 10.4. The summed E-state index contributed by atoms with van der Waals surface area (Å²) in [5, 5.41) is 7.31. The zero-order valence-corrected chi connectivity index (χ0v) is 9.58. The van der Waals surface area contributed by atoms with Crippen LogP contribution in [-0.4, -0.2) is 36.8 Å². The molecule has 1 N–H and O–H groups in total. The summed E-state index contributed by atoms with van der Waals surface area (Å²) in [6, 6.07) is 0. The van der Waals surface area contributed by atoms with Gasteiger partial charge < -0.3 is 14.7 Å². The first-order valence-corrected chi connectivity index (χ1v) is 5.42. The lowest BCUT2D eigenvalue weighted by atomic mass is 9.90. The van der Waals surface area contributed by atoms with Crippen molar-refractivity contribution in [2.24, 2.45) is 0 Å². The third-order valence-electron chi connectivity index (χ3n) is 3.12. The highest BCUT2D eigenvalue weighted by atomic mass is 16.5. The van der Waals surface area contributed by atoms with E-state index in [0.717, 1.165) is 31.9 Å². The van der Waals surface area contributed by atoms with Crippen LogP contribution in [0.2, 0.25) is 0 Å². The van der Waals surface area contributed by atoms with Gasteiger partial charge in [-0.2, -0.15) is 4.98 Å². The van der Waals surface area contributed by atoms with Gasteiger partial charge in [-0.15, -0.1) is 0 Å². The Hall–Kier alpha value is -1.10. The number of nitrogens with one attached hydrogen (secondary N) is 1. The standard InChI is InChI=1S/C10H18N4O/c1-4-14(3)9-12-8(15-13-9)10(2)5-6-11-7-10/h11H,4-7H2,1-3H3. The van der Waals surface area contributed by atoms with Gasteiger partial charge in [0.25, 0.3) is 5.95 Å². The third kappa shape index (κ3) is 1.84. The largest absolute Gasteiger partial charge is 0.342 e. The number of rotatable bonds is 3. The van der Waals surface area contributed by atoms with Crippen molar-refractivity contribution in [3.05, 3.63) is 5.89 Å². The van der Waals surface area contributed by atoms with E-state index in [0.29, 0.717) is 5.95 Å². The maximum atomic E-state index is 5.33. The number of aromatic nitrogens is 2. The minimum atomic E-state index is 0.0137.